The quantitative estimate of drug-likeness (QED) is 0.770. The molecule has 84 valence electrons. The standard InChI is InChI=1S/C9H15BrN4O/c1-5(2)7(4-15)13-8-6(10)3-12-9(11)14-8/h3,5,7,15H,4H2,1-2H3,(H3,11,12,13,14). The molecule has 0 bridgehead atoms. The van der Waals surface area contributed by atoms with Crippen molar-refractivity contribution >= 4 is 27.7 Å². The van der Waals surface area contributed by atoms with E-state index in [-0.39, 0.29) is 18.6 Å². The summed E-state index contributed by atoms with van der Waals surface area (Å²) in [5, 5.41) is 12.3. The SMILES string of the molecule is CC(C)C(CO)Nc1nc(N)ncc1Br. The summed E-state index contributed by atoms with van der Waals surface area (Å²) in [6, 6.07) is -0.0457. The maximum Gasteiger partial charge on any atom is 0.221 e. The van der Waals surface area contributed by atoms with Crippen LogP contribution in [0.25, 0.3) is 0 Å². The molecule has 15 heavy (non-hydrogen) atoms. The van der Waals surface area contributed by atoms with Crippen LogP contribution in [0, 0.1) is 5.92 Å². The predicted octanol–water partition coefficient (Wildman–Crippen LogP) is 1.25. The second-order valence-electron chi connectivity index (χ2n) is 3.60. The summed E-state index contributed by atoms with van der Waals surface area (Å²) in [7, 11) is 0. The Bertz CT molecular complexity index is 332. The van der Waals surface area contributed by atoms with Crippen LogP contribution in [-0.2, 0) is 0 Å². The number of aromatic nitrogens is 2. The van der Waals surface area contributed by atoms with Crippen LogP contribution in [-0.4, -0.2) is 27.7 Å². The lowest BCUT2D eigenvalue weighted by Crippen LogP contribution is -2.30. The maximum absolute atomic E-state index is 9.17. The first-order valence-corrected chi connectivity index (χ1v) is 5.49. The fourth-order valence-electron chi connectivity index (χ4n) is 1.08. The second kappa shape index (κ2) is 5.27. The molecule has 6 heteroatoms. The van der Waals surface area contributed by atoms with Gasteiger partial charge in [-0.15, -0.1) is 0 Å². The Morgan fingerprint density at radius 3 is 2.80 bits per heavy atom. The molecule has 0 aliphatic carbocycles. The van der Waals surface area contributed by atoms with Gasteiger partial charge in [0.15, 0.2) is 0 Å². The Labute approximate surface area is 97.2 Å². The van der Waals surface area contributed by atoms with Crippen molar-refractivity contribution in [1.29, 1.82) is 0 Å². The number of hydrogen-bond donors (Lipinski definition) is 3. The molecular formula is C9H15BrN4O. The first-order valence-electron chi connectivity index (χ1n) is 4.70. The lowest BCUT2D eigenvalue weighted by atomic mass is 10.1. The van der Waals surface area contributed by atoms with Gasteiger partial charge in [-0.3, -0.25) is 0 Å². The zero-order valence-corrected chi connectivity index (χ0v) is 10.3. The van der Waals surface area contributed by atoms with Crippen LogP contribution < -0.4 is 11.1 Å². The number of aliphatic hydroxyl groups is 1. The Morgan fingerprint density at radius 2 is 2.27 bits per heavy atom. The van der Waals surface area contributed by atoms with Gasteiger partial charge < -0.3 is 16.2 Å². The molecule has 1 heterocycles. The third kappa shape index (κ3) is 3.32. The number of nitrogens with one attached hydrogen (secondary N) is 1. The summed E-state index contributed by atoms with van der Waals surface area (Å²) in [4.78, 5) is 7.88. The van der Waals surface area contributed by atoms with E-state index in [2.05, 4.69) is 31.2 Å². The van der Waals surface area contributed by atoms with Gasteiger partial charge in [-0.2, -0.15) is 4.98 Å². The summed E-state index contributed by atoms with van der Waals surface area (Å²) >= 11 is 3.31. The van der Waals surface area contributed by atoms with Crippen molar-refractivity contribution in [3.63, 3.8) is 0 Å². The molecule has 1 unspecified atom stereocenters. The first-order chi connectivity index (χ1) is 7.04. The normalized spacial score (nSPS) is 12.9. The van der Waals surface area contributed by atoms with Crippen molar-refractivity contribution in [1.82, 2.24) is 9.97 Å². The Hall–Kier alpha value is -0.880. The predicted molar refractivity (Wildman–Crippen MR) is 63.5 cm³/mol. The first kappa shape index (κ1) is 12.2. The highest BCUT2D eigenvalue weighted by Gasteiger charge is 2.14. The van der Waals surface area contributed by atoms with Crippen LogP contribution >= 0.6 is 15.9 Å². The van der Waals surface area contributed by atoms with Crippen LogP contribution in [0.15, 0.2) is 10.7 Å². The van der Waals surface area contributed by atoms with E-state index in [9.17, 15) is 0 Å². The van der Waals surface area contributed by atoms with Gasteiger partial charge in [0, 0.05) is 6.20 Å². The van der Waals surface area contributed by atoms with E-state index < -0.39 is 0 Å². The van der Waals surface area contributed by atoms with Crippen molar-refractivity contribution in [2.45, 2.75) is 19.9 Å². The van der Waals surface area contributed by atoms with E-state index >= 15 is 0 Å². The van der Waals surface area contributed by atoms with E-state index in [0.29, 0.717) is 11.7 Å². The molecule has 0 aliphatic rings. The van der Waals surface area contributed by atoms with Gasteiger partial charge in [-0.1, -0.05) is 13.8 Å². The number of nitrogens with zero attached hydrogens (tertiary/aromatic N) is 2. The number of aliphatic hydroxyl groups excluding tert-OH is 1. The summed E-state index contributed by atoms with van der Waals surface area (Å²) in [6.45, 7) is 4.09. The highest BCUT2D eigenvalue weighted by atomic mass is 79.9. The van der Waals surface area contributed by atoms with Crippen molar-refractivity contribution in [2.75, 3.05) is 17.7 Å². The lowest BCUT2D eigenvalue weighted by Gasteiger charge is -2.21. The minimum atomic E-state index is -0.0457. The molecule has 0 amide bonds. The summed E-state index contributed by atoms with van der Waals surface area (Å²) in [5.41, 5.74) is 5.48. The minimum Gasteiger partial charge on any atom is -0.394 e. The number of anilines is 2. The molecule has 0 aromatic carbocycles. The lowest BCUT2D eigenvalue weighted by molar-refractivity contribution is 0.249. The summed E-state index contributed by atoms with van der Waals surface area (Å²) < 4.78 is 0.732. The fourth-order valence-corrected chi connectivity index (χ4v) is 1.39. The molecule has 1 aromatic rings. The Morgan fingerprint density at radius 1 is 1.60 bits per heavy atom. The minimum absolute atomic E-state index is 0.0457. The number of nitrogen functional groups attached to an aromatic ring is 1. The van der Waals surface area contributed by atoms with E-state index in [1.54, 1.807) is 6.20 Å². The monoisotopic (exact) mass is 274 g/mol. The molecule has 0 saturated heterocycles. The summed E-state index contributed by atoms with van der Waals surface area (Å²) in [6.07, 6.45) is 1.58. The number of nitrogens with two attached hydrogens (primary N) is 1. The molecule has 4 N–H and O–H groups in total. The summed E-state index contributed by atoms with van der Waals surface area (Å²) in [5.74, 6) is 1.12. The topological polar surface area (TPSA) is 84.1 Å². The molecule has 0 spiro atoms. The van der Waals surface area contributed by atoms with Gasteiger partial charge in [0.2, 0.25) is 5.95 Å². The number of rotatable bonds is 4. The molecule has 1 atom stereocenters. The highest BCUT2D eigenvalue weighted by molar-refractivity contribution is 9.10. The van der Waals surface area contributed by atoms with E-state index in [0.717, 1.165) is 4.47 Å². The molecule has 0 radical (unpaired) electrons. The molecular weight excluding hydrogens is 260 g/mol. The van der Waals surface area contributed by atoms with Crippen molar-refractivity contribution in [3.05, 3.63) is 10.7 Å². The molecule has 0 aliphatic heterocycles. The van der Waals surface area contributed by atoms with Gasteiger partial charge in [0.05, 0.1) is 17.1 Å². The van der Waals surface area contributed by atoms with Crippen molar-refractivity contribution in [2.24, 2.45) is 5.92 Å². The van der Waals surface area contributed by atoms with E-state index in [1.165, 1.54) is 0 Å². The molecule has 1 rings (SSSR count). The number of halogens is 1. The highest BCUT2D eigenvalue weighted by Crippen LogP contribution is 2.21. The van der Waals surface area contributed by atoms with Crippen LogP contribution in [0.3, 0.4) is 0 Å². The Kier molecular flexibility index (Phi) is 4.28. The molecule has 0 fully saturated rings. The van der Waals surface area contributed by atoms with Gasteiger partial charge in [-0.25, -0.2) is 4.98 Å². The van der Waals surface area contributed by atoms with Crippen LogP contribution in [0.2, 0.25) is 0 Å². The third-order valence-electron chi connectivity index (χ3n) is 2.09. The third-order valence-corrected chi connectivity index (χ3v) is 2.67. The van der Waals surface area contributed by atoms with E-state index in [1.807, 2.05) is 13.8 Å². The largest absolute Gasteiger partial charge is 0.394 e. The number of hydrogen-bond acceptors (Lipinski definition) is 5. The Balaban J connectivity index is 2.82. The fraction of sp³-hybridized carbons (Fsp3) is 0.556. The molecule has 5 nitrogen and oxygen atoms in total. The van der Waals surface area contributed by atoms with Gasteiger partial charge in [0.25, 0.3) is 0 Å². The maximum atomic E-state index is 9.17. The van der Waals surface area contributed by atoms with Crippen molar-refractivity contribution in [3.8, 4) is 0 Å². The van der Waals surface area contributed by atoms with Gasteiger partial charge >= 0.3 is 0 Å². The zero-order chi connectivity index (χ0) is 11.4. The van der Waals surface area contributed by atoms with Crippen LogP contribution in [0.4, 0.5) is 11.8 Å². The van der Waals surface area contributed by atoms with E-state index in [4.69, 9.17) is 10.8 Å². The average Bonchev–Trinajstić information content (AvgIpc) is 2.18. The zero-order valence-electron chi connectivity index (χ0n) is 8.74. The van der Waals surface area contributed by atoms with Crippen molar-refractivity contribution < 1.29 is 5.11 Å². The second-order valence-corrected chi connectivity index (χ2v) is 4.46. The average molecular weight is 275 g/mol. The van der Waals surface area contributed by atoms with Gasteiger partial charge in [0.1, 0.15) is 5.82 Å². The molecule has 1 aromatic heterocycles. The van der Waals surface area contributed by atoms with Gasteiger partial charge in [-0.05, 0) is 21.8 Å². The molecule has 0 saturated carbocycles. The smallest absolute Gasteiger partial charge is 0.221 e. The van der Waals surface area contributed by atoms with Crippen LogP contribution in [0.1, 0.15) is 13.8 Å². The van der Waals surface area contributed by atoms with Crippen LogP contribution in [0.5, 0.6) is 0 Å².